The first kappa shape index (κ1) is 17.2. The van der Waals surface area contributed by atoms with Gasteiger partial charge in [0, 0.05) is 19.6 Å². The molecule has 5 nitrogen and oxygen atoms in total. The van der Waals surface area contributed by atoms with Gasteiger partial charge in [-0.2, -0.15) is 0 Å². The molecule has 0 radical (unpaired) electrons. The van der Waals surface area contributed by atoms with Crippen molar-refractivity contribution in [2.75, 3.05) is 32.8 Å². The van der Waals surface area contributed by atoms with Crippen molar-refractivity contribution < 1.29 is 19.0 Å². The van der Waals surface area contributed by atoms with Crippen molar-refractivity contribution in [2.45, 2.75) is 25.2 Å². The fraction of sp³-hybridized carbons (Fsp3) is 0.474. The minimum absolute atomic E-state index is 0.292. The second-order valence-electron chi connectivity index (χ2n) is 6.43. The quantitative estimate of drug-likeness (QED) is 0.844. The maximum Gasteiger partial charge on any atom is 0.129 e. The number of furan rings is 1. The largest absolute Gasteiger partial charge is 0.467 e. The van der Waals surface area contributed by atoms with E-state index in [4.69, 9.17) is 13.9 Å². The van der Waals surface area contributed by atoms with Crippen molar-refractivity contribution in [1.29, 1.82) is 0 Å². The van der Waals surface area contributed by atoms with Crippen LogP contribution in [-0.4, -0.2) is 49.0 Å². The van der Waals surface area contributed by atoms with Gasteiger partial charge in [-0.25, -0.2) is 0 Å². The Kier molecular flexibility index (Phi) is 5.68. The molecule has 0 bridgehead atoms. The van der Waals surface area contributed by atoms with Crippen molar-refractivity contribution in [3.63, 3.8) is 0 Å². The first-order valence-electron chi connectivity index (χ1n) is 8.36. The van der Waals surface area contributed by atoms with E-state index in [-0.39, 0.29) is 5.60 Å². The topological polar surface area (TPSA) is 55.1 Å². The van der Waals surface area contributed by atoms with Crippen molar-refractivity contribution in [3.05, 3.63) is 60.1 Å². The molecule has 1 aromatic heterocycles. The Labute approximate surface area is 142 Å². The van der Waals surface area contributed by atoms with Crippen molar-refractivity contribution >= 4 is 0 Å². The van der Waals surface area contributed by atoms with Crippen LogP contribution in [0.25, 0.3) is 0 Å². The number of ether oxygens (including phenoxy) is 2. The lowest BCUT2D eigenvalue weighted by Crippen LogP contribution is -2.50. The number of β-amino-alcohol motifs (C(OH)–C–C–N with tert-alkyl or cyclic N) is 1. The summed E-state index contributed by atoms with van der Waals surface area (Å²) in [6.45, 7) is 5.59. The second-order valence-corrected chi connectivity index (χ2v) is 6.43. The number of morpholine rings is 1. The third-order valence-corrected chi connectivity index (χ3v) is 4.34. The Bertz CT molecular complexity index is 601. The molecule has 1 fully saturated rings. The normalized spacial score (nSPS) is 23.2. The molecule has 0 spiro atoms. The van der Waals surface area contributed by atoms with Gasteiger partial charge < -0.3 is 19.0 Å². The van der Waals surface area contributed by atoms with Crippen LogP contribution in [-0.2, 0) is 21.7 Å². The van der Waals surface area contributed by atoms with E-state index in [1.165, 1.54) is 5.56 Å². The fourth-order valence-electron chi connectivity index (χ4n) is 3.11. The molecule has 0 aliphatic carbocycles. The third-order valence-electron chi connectivity index (χ3n) is 4.34. The molecule has 0 saturated carbocycles. The average molecular weight is 331 g/mol. The molecule has 3 rings (SSSR count). The molecule has 2 atom stereocenters. The maximum atomic E-state index is 10.2. The van der Waals surface area contributed by atoms with Crippen molar-refractivity contribution in [2.24, 2.45) is 0 Å². The Balaban J connectivity index is 1.48. The van der Waals surface area contributed by atoms with E-state index in [0.717, 1.165) is 18.8 Å². The van der Waals surface area contributed by atoms with E-state index >= 15 is 0 Å². The summed E-state index contributed by atoms with van der Waals surface area (Å²) >= 11 is 0. The first-order chi connectivity index (χ1) is 11.7. The molecule has 1 saturated heterocycles. The molecular weight excluding hydrogens is 306 g/mol. The van der Waals surface area contributed by atoms with E-state index < -0.39 is 6.10 Å². The zero-order valence-corrected chi connectivity index (χ0v) is 14.1. The van der Waals surface area contributed by atoms with Gasteiger partial charge in [0.25, 0.3) is 0 Å². The van der Waals surface area contributed by atoms with E-state index in [0.29, 0.717) is 26.4 Å². The first-order valence-corrected chi connectivity index (χ1v) is 8.36. The standard InChI is InChI=1S/C19H25NO4/c1-19(16-6-3-2-4-7-16)15-20(9-11-24-19)12-17(21)13-22-14-18-8-5-10-23-18/h2-8,10,17,21H,9,11-15H2,1H3. The number of aliphatic hydroxyl groups excluding tert-OH is 1. The molecule has 0 amide bonds. The van der Waals surface area contributed by atoms with Crippen LogP contribution in [0.2, 0.25) is 0 Å². The van der Waals surface area contributed by atoms with Crippen LogP contribution in [0.3, 0.4) is 0 Å². The summed E-state index contributed by atoms with van der Waals surface area (Å²) in [5, 5.41) is 10.2. The van der Waals surface area contributed by atoms with Gasteiger partial charge in [0.05, 0.1) is 25.6 Å². The number of hydrogen-bond donors (Lipinski definition) is 1. The van der Waals surface area contributed by atoms with E-state index in [2.05, 4.69) is 24.0 Å². The number of hydrogen-bond acceptors (Lipinski definition) is 5. The molecule has 1 aliphatic rings. The Hall–Kier alpha value is -1.66. The number of rotatable bonds is 7. The number of benzene rings is 1. The zero-order valence-electron chi connectivity index (χ0n) is 14.1. The molecule has 2 unspecified atom stereocenters. The van der Waals surface area contributed by atoms with Gasteiger partial charge in [-0.05, 0) is 24.6 Å². The van der Waals surface area contributed by atoms with Gasteiger partial charge in [-0.1, -0.05) is 30.3 Å². The van der Waals surface area contributed by atoms with Crippen molar-refractivity contribution in [3.8, 4) is 0 Å². The lowest BCUT2D eigenvalue weighted by Gasteiger charge is -2.41. The van der Waals surface area contributed by atoms with Crippen LogP contribution in [0.1, 0.15) is 18.2 Å². The van der Waals surface area contributed by atoms with Gasteiger partial charge >= 0.3 is 0 Å². The summed E-state index contributed by atoms with van der Waals surface area (Å²) in [5.41, 5.74) is 0.826. The molecule has 130 valence electrons. The highest BCUT2D eigenvalue weighted by Crippen LogP contribution is 2.29. The van der Waals surface area contributed by atoms with Crippen LogP contribution < -0.4 is 0 Å². The molecule has 24 heavy (non-hydrogen) atoms. The molecule has 1 N–H and O–H groups in total. The second kappa shape index (κ2) is 7.94. The summed E-state index contributed by atoms with van der Waals surface area (Å²) in [7, 11) is 0. The van der Waals surface area contributed by atoms with Crippen LogP contribution in [0.4, 0.5) is 0 Å². The molecule has 2 heterocycles. The zero-order chi connectivity index (χ0) is 16.8. The minimum atomic E-state index is -0.530. The number of aliphatic hydroxyl groups is 1. The summed E-state index contributed by atoms with van der Waals surface area (Å²) in [6.07, 6.45) is 1.09. The Morgan fingerprint density at radius 3 is 2.83 bits per heavy atom. The summed E-state index contributed by atoms with van der Waals surface area (Å²) in [6, 6.07) is 13.9. The molecule has 5 heteroatoms. The summed E-state index contributed by atoms with van der Waals surface area (Å²) < 4.78 is 16.8. The minimum Gasteiger partial charge on any atom is -0.467 e. The SMILES string of the molecule is CC1(c2ccccc2)CN(CC(O)COCc2ccco2)CCO1. The molecule has 1 aliphatic heterocycles. The van der Waals surface area contributed by atoms with E-state index in [1.54, 1.807) is 6.26 Å². The maximum absolute atomic E-state index is 10.2. The van der Waals surface area contributed by atoms with Gasteiger partial charge in [-0.15, -0.1) is 0 Å². The van der Waals surface area contributed by atoms with E-state index in [1.807, 2.05) is 30.3 Å². The average Bonchev–Trinajstić information content (AvgIpc) is 3.09. The van der Waals surface area contributed by atoms with Crippen LogP contribution >= 0.6 is 0 Å². The van der Waals surface area contributed by atoms with E-state index in [9.17, 15) is 5.11 Å². The Morgan fingerprint density at radius 2 is 2.08 bits per heavy atom. The summed E-state index contributed by atoms with van der Waals surface area (Å²) in [4.78, 5) is 2.23. The molecular formula is C19H25NO4. The summed E-state index contributed by atoms with van der Waals surface area (Å²) in [5.74, 6) is 0.769. The third kappa shape index (κ3) is 4.45. The van der Waals surface area contributed by atoms with Crippen LogP contribution in [0, 0.1) is 0 Å². The van der Waals surface area contributed by atoms with Gasteiger partial charge in [-0.3, -0.25) is 4.90 Å². The lowest BCUT2D eigenvalue weighted by molar-refractivity contribution is -0.113. The predicted octanol–water partition coefficient (Wildman–Crippen LogP) is 2.40. The van der Waals surface area contributed by atoms with Gasteiger partial charge in [0.2, 0.25) is 0 Å². The highest BCUT2D eigenvalue weighted by atomic mass is 16.5. The number of nitrogens with zero attached hydrogens (tertiary/aromatic N) is 1. The smallest absolute Gasteiger partial charge is 0.129 e. The van der Waals surface area contributed by atoms with Gasteiger partial charge in [0.15, 0.2) is 0 Å². The lowest BCUT2D eigenvalue weighted by atomic mass is 9.94. The fourth-order valence-corrected chi connectivity index (χ4v) is 3.11. The molecule has 2 aromatic rings. The van der Waals surface area contributed by atoms with Crippen molar-refractivity contribution in [1.82, 2.24) is 4.90 Å². The van der Waals surface area contributed by atoms with Crippen LogP contribution in [0.5, 0.6) is 0 Å². The molecule has 1 aromatic carbocycles. The highest BCUT2D eigenvalue weighted by molar-refractivity contribution is 5.22. The highest BCUT2D eigenvalue weighted by Gasteiger charge is 2.34. The van der Waals surface area contributed by atoms with Crippen LogP contribution in [0.15, 0.2) is 53.1 Å². The monoisotopic (exact) mass is 331 g/mol. The Morgan fingerprint density at radius 1 is 1.25 bits per heavy atom. The van der Waals surface area contributed by atoms with Gasteiger partial charge in [0.1, 0.15) is 18.0 Å². The predicted molar refractivity (Wildman–Crippen MR) is 90.6 cm³/mol.